The number of carboxylic acid groups (broad SMARTS) is 1. The van der Waals surface area contributed by atoms with E-state index in [0.29, 0.717) is 18.7 Å². The fraction of sp³-hybridized carbons (Fsp3) is 0.444. The standard InChI is InChI=1S/C9H10ClN3O3/c10-7-8(12-2-1-11-7)16-6-3-5(4-6)13-9(14)15/h1-2,5-6,13H,3-4H2,(H,14,15)/t5-,6-. The Hall–Kier alpha value is -1.56. The highest BCUT2D eigenvalue weighted by Crippen LogP contribution is 2.27. The van der Waals surface area contributed by atoms with Gasteiger partial charge in [-0.2, -0.15) is 0 Å². The van der Waals surface area contributed by atoms with Gasteiger partial charge in [-0.05, 0) is 0 Å². The molecule has 0 spiro atoms. The van der Waals surface area contributed by atoms with Gasteiger partial charge in [0.1, 0.15) is 6.10 Å². The first-order valence-corrected chi connectivity index (χ1v) is 5.15. The lowest BCUT2D eigenvalue weighted by Crippen LogP contribution is -2.48. The molecule has 1 heterocycles. The van der Waals surface area contributed by atoms with Gasteiger partial charge in [0.15, 0.2) is 5.15 Å². The van der Waals surface area contributed by atoms with E-state index in [1.807, 2.05) is 0 Å². The van der Waals surface area contributed by atoms with Gasteiger partial charge in [-0.1, -0.05) is 11.6 Å². The molecule has 1 amide bonds. The molecule has 1 aromatic heterocycles. The van der Waals surface area contributed by atoms with Crippen molar-refractivity contribution in [2.75, 3.05) is 0 Å². The summed E-state index contributed by atoms with van der Waals surface area (Å²) in [5, 5.41) is 11.1. The molecule has 0 unspecified atom stereocenters. The number of nitrogens with one attached hydrogen (secondary N) is 1. The minimum atomic E-state index is -1.01. The maximum Gasteiger partial charge on any atom is 0.404 e. The molecule has 6 nitrogen and oxygen atoms in total. The molecule has 1 aromatic rings. The van der Waals surface area contributed by atoms with Crippen LogP contribution in [-0.4, -0.2) is 33.3 Å². The molecule has 7 heteroatoms. The van der Waals surface area contributed by atoms with Gasteiger partial charge in [0.25, 0.3) is 5.88 Å². The lowest BCUT2D eigenvalue weighted by Gasteiger charge is -2.34. The van der Waals surface area contributed by atoms with Gasteiger partial charge in [-0.15, -0.1) is 0 Å². The van der Waals surface area contributed by atoms with Crippen molar-refractivity contribution in [3.63, 3.8) is 0 Å². The van der Waals surface area contributed by atoms with E-state index in [1.54, 1.807) is 0 Å². The number of halogens is 1. The van der Waals surface area contributed by atoms with Crippen LogP contribution in [-0.2, 0) is 0 Å². The number of ether oxygens (including phenoxy) is 1. The number of carbonyl (C=O) groups is 1. The van der Waals surface area contributed by atoms with Gasteiger partial charge in [0.2, 0.25) is 0 Å². The van der Waals surface area contributed by atoms with Gasteiger partial charge in [-0.3, -0.25) is 0 Å². The van der Waals surface area contributed by atoms with Gasteiger partial charge in [0.05, 0.1) is 0 Å². The number of rotatable bonds is 3. The predicted molar refractivity (Wildman–Crippen MR) is 55.6 cm³/mol. The third-order valence-corrected chi connectivity index (χ3v) is 2.58. The van der Waals surface area contributed by atoms with Crippen molar-refractivity contribution in [2.45, 2.75) is 25.0 Å². The van der Waals surface area contributed by atoms with Crippen LogP contribution in [0.25, 0.3) is 0 Å². The van der Waals surface area contributed by atoms with Gasteiger partial charge >= 0.3 is 6.09 Å². The first-order chi connectivity index (χ1) is 7.65. The van der Waals surface area contributed by atoms with E-state index in [2.05, 4.69) is 15.3 Å². The summed E-state index contributed by atoms with van der Waals surface area (Å²) in [7, 11) is 0. The zero-order chi connectivity index (χ0) is 11.5. The summed E-state index contributed by atoms with van der Waals surface area (Å²) in [6.45, 7) is 0. The SMILES string of the molecule is O=C(O)N[C@H]1C[C@H](Oc2nccnc2Cl)C1. The van der Waals surface area contributed by atoms with E-state index in [9.17, 15) is 4.79 Å². The summed E-state index contributed by atoms with van der Waals surface area (Å²) in [5.41, 5.74) is 0. The normalized spacial score (nSPS) is 23.3. The first kappa shape index (κ1) is 10.9. The molecular formula is C9H10ClN3O3. The third kappa shape index (κ3) is 2.52. The van der Waals surface area contributed by atoms with Crippen LogP contribution in [0.15, 0.2) is 12.4 Å². The maximum atomic E-state index is 10.3. The fourth-order valence-electron chi connectivity index (χ4n) is 1.50. The third-order valence-electron chi connectivity index (χ3n) is 2.32. The van der Waals surface area contributed by atoms with Crippen molar-refractivity contribution in [3.8, 4) is 5.88 Å². The summed E-state index contributed by atoms with van der Waals surface area (Å²) in [6, 6.07) is -0.0436. The molecule has 1 aliphatic carbocycles. The van der Waals surface area contributed by atoms with Crippen LogP contribution < -0.4 is 10.1 Å². The van der Waals surface area contributed by atoms with Crippen molar-refractivity contribution in [3.05, 3.63) is 17.5 Å². The second-order valence-electron chi connectivity index (χ2n) is 3.51. The second-order valence-corrected chi connectivity index (χ2v) is 3.87. The number of hydrogen-bond acceptors (Lipinski definition) is 4. The number of nitrogens with zero attached hydrogens (tertiary/aromatic N) is 2. The average Bonchev–Trinajstić information content (AvgIpc) is 2.17. The Morgan fingerprint density at radius 2 is 2.19 bits per heavy atom. The molecule has 16 heavy (non-hydrogen) atoms. The fourth-order valence-corrected chi connectivity index (χ4v) is 1.65. The van der Waals surface area contributed by atoms with Crippen LogP contribution in [0.2, 0.25) is 5.15 Å². The minimum absolute atomic E-state index is 0.0436. The van der Waals surface area contributed by atoms with Crippen LogP contribution >= 0.6 is 11.6 Å². The summed E-state index contributed by atoms with van der Waals surface area (Å²) >= 11 is 5.76. The number of hydrogen-bond donors (Lipinski definition) is 2. The zero-order valence-corrected chi connectivity index (χ0v) is 9.02. The average molecular weight is 244 g/mol. The Morgan fingerprint density at radius 3 is 2.81 bits per heavy atom. The van der Waals surface area contributed by atoms with Gasteiger partial charge < -0.3 is 15.2 Å². The highest BCUT2D eigenvalue weighted by molar-refractivity contribution is 6.30. The molecule has 2 rings (SSSR count). The van der Waals surface area contributed by atoms with E-state index in [1.165, 1.54) is 12.4 Å². The summed E-state index contributed by atoms with van der Waals surface area (Å²) in [5.74, 6) is 0.294. The van der Waals surface area contributed by atoms with Gasteiger partial charge in [0, 0.05) is 31.3 Å². The van der Waals surface area contributed by atoms with Crippen molar-refractivity contribution >= 4 is 17.7 Å². The molecule has 86 valence electrons. The Labute approximate surface area is 96.6 Å². The highest BCUT2D eigenvalue weighted by atomic mass is 35.5. The molecule has 0 saturated heterocycles. The quantitative estimate of drug-likeness (QED) is 0.836. The molecule has 0 atom stereocenters. The predicted octanol–water partition coefficient (Wildman–Crippen LogP) is 1.31. The number of aromatic nitrogens is 2. The van der Waals surface area contributed by atoms with Crippen molar-refractivity contribution in [2.24, 2.45) is 0 Å². The van der Waals surface area contributed by atoms with Crippen LogP contribution in [0.5, 0.6) is 5.88 Å². The molecule has 1 saturated carbocycles. The van der Waals surface area contributed by atoms with E-state index in [-0.39, 0.29) is 17.3 Å². The molecule has 0 radical (unpaired) electrons. The molecule has 1 fully saturated rings. The summed E-state index contributed by atoms with van der Waals surface area (Å²) < 4.78 is 5.45. The molecule has 2 N–H and O–H groups in total. The number of amides is 1. The Bertz CT molecular complexity index is 395. The van der Waals surface area contributed by atoms with Crippen molar-refractivity contribution in [1.29, 1.82) is 0 Å². The molecule has 0 bridgehead atoms. The summed E-state index contributed by atoms with van der Waals surface area (Å²) in [4.78, 5) is 18.1. The smallest absolute Gasteiger partial charge is 0.404 e. The van der Waals surface area contributed by atoms with E-state index >= 15 is 0 Å². The van der Waals surface area contributed by atoms with Crippen molar-refractivity contribution in [1.82, 2.24) is 15.3 Å². The van der Waals surface area contributed by atoms with Crippen LogP contribution in [0.3, 0.4) is 0 Å². The highest BCUT2D eigenvalue weighted by Gasteiger charge is 2.32. The van der Waals surface area contributed by atoms with Gasteiger partial charge in [-0.25, -0.2) is 14.8 Å². The Morgan fingerprint density at radius 1 is 1.50 bits per heavy atom. The zero-order valence-electron chi connectivity index (χ0n) is 8.26. The van der Waals surface area contributed by atoms with Crippen LogP contribution in [0.4, 0.5) is 4.79 Å². The van der Waals surface area contributed by atoms with E-state index < -0.39 is 6.09 Å². The second kappa shape index (κ2) is 4.52. The van der Waals surface area contributed by atoms with E-state index in [0.717, 1.165) is 0 Å². The largest absolute Gasteiger partial charge is 0.472 e. The van der Waals surface area contributed by atoms with Crippen LogP contribution in [0.1, 0.15) is 12.8 Å². The molecule has 0 aliphatic heterocycles. The lowest BCUT2D eigenvalue weighted by molar-refractivity contribution is 0.0790. The molecular weight excluding hydrogens is 234 g/mol. The summed E-state index contributed by atoms with van der Waals surface area (Å²) in [6.07, 6.45) is 3.16. The Kier molecular flexibility index (Phi) is 3.09. The Balaban J connectivity index is 1.82. The first-order valence-electron chi connectivity index (χ1n) is 4.78. The minimum Gasteiger partial charge on any atom is -0.472 e. The maximum absolute atomic E-state index is 10.3. The molecule has 1 aliphatic rings. The van der Waals surface area contributed by atoms with Crippen molar-refractivity contribution < 1.29 is 14.6 Å². The van der Waals surface area contributed by atoms with Crippen LogP contribution in [0, 0.1) is 0 Å². The monoisotopic (exact) mass is 243 g/mol. The van der Waals surface area contributed by atoms with E-state index in [4.69, 9.17) is 21.4 Å². The molecule has 0 aromatic carbocycles. The topological polar surface area (TPSA) is 84.3 Å². The lowest BCUT2D eigenvalue weighted by atomic mass is 9.89.